The molecule has 2 saturated heterocycles. The number of halogens is 1. The molecule has 1 spiro atoms. The highest BCUT2D eigenvalue weighted by atomic mass is 35.5. The van der Waals surface area contributed by atoms with Gasteiger partial charge in [-0.1, -0.05) is 11.6 Å². The second kappa shape index (κ2) is 10.4. The largest absolute Gasteiger partial charge is 0.390 e. The summed E-state index contributed by atoms with van der Waals surface area (Å²) in [5.41, 5.74) is 8.14. The first-order valence-corrected chi connectivity index (χ1v) is 13.1. The summed E-state index contributed by atoms with van der Waals surface area (Å²) in [5.74, 6) is 0.643. The monoisotopic (exact) mass is 546 g/mol. The van der Waals surface area contributed by atoms with Gasteiger partial charge >= 0.3 is 0 Å². The van der Waals surface area contributed by atoms with E-state index < -0.39 is 0 Å². The van der Waals surface area contributed by atoms with Crippen molar-refractivity contribution in [1.82, 2.24) is 19.5 Å². The van der Waals surface area contributed by atoms with Gasteiger partial charge in [0.2, 0.25) is 0 Å². The number of nitrogens with one attached hydrogen (secondary N) is 1. The number of nitrogens with two attached hydrogens (primary N) is 1. The predicted molar refractivity (Wildman–Crippen MR) is 144 cm³/mol. The van der Waals surface area contributed by atoms with E-state index in [1.807, 2.05) is 6.92 Å². The molecule has 198 valence electrons. The highest BCUT2D eigenvalue weighted by Crippen LogP contribution is 2.42. The van der Waals surface area contributed by atoms with Crippen LogP contribution in [0.25, 0.3) is 22.2 Å². The topological polar surface area (TPSA) is 132 Å². The number of aromatic nitrogens is 4. The molecule has 3 aromatic rings. The number of methoxy groups -OCH3 is 1. The zero-order valence-corrected chi connectivity index (χ0v) is 22.4. The third-order valence-electron chi connectivity index (χ3n) is 7.76. The van der Waals surface area contributed by atoms with Crippen molar-refractivity contribution in [3.63, 3.8) is 0 Å². The zero-order valence-electron chi connectivity index (χ0n) is 20.9. The van der Waals surface area contributed by atoms with E-state index in [1.165, 1.54) is 4.57 Å². The van der Waals surface area contributed by atoms with Crippen LogP contribution >= 0.6 is 23.8 Å². The molecule has 0 aliphatic carbocycles. The Morgan fingerprint density at radius 3 is 2.78 bits per heavy atom. The van der Waals surface area contributed by atoms with E-state index in [1.54, 1.807) is 25.4 Å². The van der Waals surface area contributed by atoms with Crippen LogP contribution in [0, 0.1) is 10.2 Å². The molecule has 0 bridgehead atoms. The van der Waals surface area contributed by atoms with E-state index in [9.17, 15) is 9.90 Å². The van der Waals surface area contributed by atoms with Gasteiger partial charge in [-0.3, -0.25) is 9.36 Å². The average molecular weight is 547 g/mol. The number of hydrogen-bond acceptors (Lipinski definition) is 9. The van der Waals surface area contributed by atoms with E-state index in [-0.39, 0.29) is 34.7 Å². The van der Waals surface area contributed by atoms with Crippen LogP contribution in [-0.2, 0) is 22.6 Å². The molecule has 10 nitrogen and oxygen atoms in total. The Morgan fingerprint density at radius 1 is 1.38 bits per heavy atom. The van der Waals surface area contributed by atoms with Gasteiger partial charge in [0.05, 0.1) is 60.3 Å². The fraction of sp³-hybridized carbons (Fsp3) is 0.520. The van der Waals surface area contributed by atoms with Crippen LogP contribution in [0.5, 0.6) is 0 Å². The summed E-state index contributed by atoms with van der Waals surface area (Å²) in [4.78, 5) is 27.8. The second-order valence-electron chi connectivity index (χ2n) is 9.80. The van der Waals surface area contributed by atoms with Crippen molar-refractivity contribution < 1.29 is 14.6 Å². The molecule has 4 N–H and O–H groups in total. The van der Waals surface area contributed by atoms with Gasteiger partial charge in [0.1, 0.15) is 5.69 Å². The molecule has 2 fully saturated rings. The van der Waals surface area contributed by atoms with Crippen LogP contribution in [0.4, 0.5) is 5.82 Å². The summed E-state index contributed by atoms with van der Waals surface area (Å²) in [5, 5.41) is 10.7. The first-order chi connectivity index (χ1) is 17.8. The lowest BCUT2D eigenvalue weighted by Gasteiger charge is -2.41. The molecule has 4 heterocycles. The number of rotatable bonds is 6. The van der Waals surface area contributed by atoms with E-state index >= 15 is 0 Å². The predicted octanol–water partition coefficient (Wildman–Crippen LogP) is 2.64. The Morgan fingerprint density at radius 2 is 2.14 bits per heavy atom. The summed E-state index contributed by atoms with van der Waals surface area (Å²) in [6.45, 7) is 4.57. The molecule has 0 saturated carbocycles. The third-order valence-corrected chi connectivity index (χ3v) is 8.48. The molecule has 0 radical (unpaired) electrons. The molecule has 0 unspecified atom stereocenters. The first-order valence-electron chi connectivity index (χ1n) is 12.3. The Kier molecular flexibility index (Phi) is 7.36. The van der Waals surface area contributed by atoms with Gasteiger partial charge in [-0.05, 0) is 44.1 Å². The van der Waals surface area contributed by atoms with Gasteiger partial charge in [-0.2, -0.15) is 0 Å². The Balaban J connectivity index is 1.47. The van der Waals surface area contributed by atoms with E-state index in [4.69, 9.17) is 44.0 Å². The molecule has 1 aromatic carbocycles. The van der Waals surface area contributed by atoms with Gasteiger partial charge in [0.25, 0.3) is 5.56 Å². The molecule has 2 atom stereocenters. The lowest BCUT2D eigenvalue weighted by molar-refractivity contribution is 0.0973. The minimum absolute atomic E-state index is 0.0145. The number of hydrogen-bond donors (Lipinski definition) is 3. The summed E-state index contributed by atoms with van der Waals surface area (Å²) in [7, 11) is 1.56. The highest BCUT2D eigenvalue weighted by Gasteiger charge is 2.47. The molecular weight excluding hydrogens is 516 g/mol. The Bertz CT molecular complexity index is 1440. The maximum Gasteiger partial charge on any atom is 0.263 e. The first kappa shape index (κ1) is 26.2. The molecule has 0 amide bonds. The highest BCUT2D eigenvalue weighted by molar-refractivity contribution is 7.71. The van der Waals surface area contributed by atoms with Gasteiger partial charge in [0, 0.05) is 37.2 Å². The number of ether oxygens (including phenoxy) is 2. The normalized spacial score (nSPS) is 21.3. The molecule has 5 rings (SSSR count). The van der Waals surface area contributed by atoms with Gasteiger partial charge in [-0.15, -0.1) is 0 Å². The quantitative estimate of drug-likeness (QED) is 0.399. The SMILES string of the molecule is COCCn1c(=S)[nH]c2ccc(-c3cnc(N4CCC5(CC4)CO[C@@H](C)[C@H]5N)c(CO)n3)c(Cl)c2c1=O. The van der Waals surface area contributed by atoms with Crippen molar-refractivity contribution in [2.45, 2.75) is 45.1 Å². The minimum Gasteiger partial charge on any atom is -0.390 e. The number of benzene rings is 1. The smallest absolute Gasteiger partial charge is 0.263 e. The third kappa shape index (κ3) is 4.58. The fourth-order valence-electron chi connectivity index (χ4n) is 5.44. The molecule has 2 aliphatic rings. The van der Waals surface area contributed by atoms with Gasteiger partial charge in [0.15, 0.2) is 10.6 Å². The van der Waals surface area contributed by atoms with Crippen LogP contribution < -0.4 is 16.2 Å². The van der Waals surface area contributed by atoms with Gasteiger partial charge < -0.3 is 30.2 Å². The number of H-pyrrole nitrogens is 1. The molecule has 2 aliphatic heterocycles. The number of aliphatic hydroxyl groups excluding tert-OH is 1. The van der Waals surface area contributed by atoms with Gasteiger partial charge in [-0.25, -0.2) is 9.97 Å². The maximum absolute atomic E-state index is 13.2. The standard InChI is InChI=1S/C25H31ClN6O4S/c1-14-21(27)25(13-36-14)5-7-31(8-6-25)22-18(12-33)29-17(11-28-22)15-3-4-16-19(20(15)26)23(34)32(9-10-35-2)24(37)30-16/h3-4,11,14,21,33H,5-10,12-13,27H2,1-2H3,(H,30,37)/t14-,21+/m0/s1. The van der Waals surface area contributed by atoms with Crippen LogP contribution in [0.1, 0.15) is 25.5 Å². The van der Waals surface area contributed by atoms with E-state index in [0.717, 1.165) is 25.9 Å². The summed E-state index contributed by atoms with van der Waals surface area (Å²) < 4.78 is 12.7. The maximum atomic E-state index is 13.2. The number of piperidine rings is 1. The van der Waals surface area contributed by atoms with Crippen molar-refractivity contribution in [3.8, 4) is 11.3 Å². The van der Waals surface area contributed by atoms with Crippen molar-refractivity contribution in [3.05, 3.63) is 44.2 Å². The number of aromatic amines is 1. The van der Waals surface area contributed by atoms with E-state index in [0.29, 0.717) is 58.2 Å². The van der Waals surface area contributed by atoms with Crippen molar-refractivity contribution in [2.24, 2.45) is 11.1 Å². The van der Waals surface area contributed by atoms with Crippen LogP contribution in [0.2, 0.25) is 5.02 Å². The van der Waals surface area contributed by atoms with Crippen LogP contribution in [0.15, 0.2) is 23.1 Å². The van der Waals surface area contributed by atoms with Crippen LogP contribution in [-0.4, -0.2) is 70.2 Å². The second-order valence-corrected chi connectivity index (χ2v) is 10.6. The average Bonchev–Trinajstić information content (AvgIpc) is 3.17. The lowest BCUT2D eigenvalue weighted by atomic mass is 9.73. The molecular formula is C25H31ClN6O4S. The summed E-state index contributed by atoms with van der Waals surface area (Å²) in [6.07, 6.45) is 3.47. The van der Waals surface area contributed by atoms with Crippen molar-refractivity contribution in [1.29, 1.82) is 0 Å². The fourth-order valence-corrected chi connectivity index (χ4v) is 6.07. The number of anilines is 1. The Hall–Kier alpha value is -2.41. The zero-order chi connectivity index (χ0) is 26.3. The van der Waals surface area contributed by atoms with Crippen molar-refractivity contribution >= 4 is 40.5 Å². The number of nitrogens with zero attached hydrogens (tertiary/aromatic N) is 4. The minimum atomic E-state index is -0.305. The lowest BCUT2D eigenvalue weighted by Crippen LogP contribution is -2.51. The van der Waals surface area contributed by atoms with Crippen LogP contribution in [0.3, 0.4) is 0 Å². The summed E-state index contributed by atoms with van der Waals surface area (Å²) in [6, 6.07) is 3.54. The molecule has 12 heteroatoms. The molecule has 37 heavy (non-hydrogen) atoms. The number of aliphatic hydroxyl groups is 1. The Labute approximate surface area is 224 Å². The van der Waals surface area contributed by atoms with E-state index in [2.05, 4.69) is 14.9 Å². The summed E-state index contributed by atoms with van der Waals surface area (Å²) >= 11 is 12.1. The van der Waals surface area contributed by atoms with Crippen molar-refractivity contribution in [2.75, 3.05) is 38.3 Å². The number of fused-ring (bicyclic) bond motifs is 1. The molecule has 2 aromatic heterocycles.